The summed E-state index contributed by atoms with van der Waals surface area (Å²) in [7, 11) is 9.24. The number of nitrogens with zero attached hydrogens (tertiary/aromatic N) is 19. The molecule has 722 valence electrons. The van der Waals surface area contributed by atoms with Gasteiger partial charge in [-0.25, -0.2) is 69.9 Å². The van der Waals surface area contributed by atoms with Crippen LogP contribution in [0.25, 0.3) is 89.7 Å². The Morgan fingerprint density at radius 2 is 0.769 bits per heavy atom. The maximum Gasteiger partial charge on any atom is 0.451 e. The van der Waals surface area contributed by atoms with E-state index in [9.17, 15) is 81.4 Å². The molecule has 0 saturated carbocycles. The number of aliphatic hydroxyl groups is 1. The molecule has 0 saturated heterocycles. The molecule has 0 unspecified atom stereocenters. The molecule has 0 amide bonds. The van der Waals surface area contributed by atoms with Gasteiger partial charge >= 0.3 is 41.1 Å². The Bertz CT molecular complexity index is 6860. The minimum Gasteiger partial charge on any atom is -0.465 e. The van der Waals surface area contributed by atoms with E-state index in [-0.39, 0.29) is 114 Å². The van der Waals surface area contributed by atoms with Crippen LogP contribution in [-0.2, 0) is 126 Å². The number of methoxy groups -OCH3 is 1. The van der Waals surface area contributed by atoms with Crippen molar-refractivity contribution in [2.75, 3.05) is 26.5 Å². The first-order chi connectivity index (χ1) is 61.4. The summed E-state index contributed by atoms with van der Waals surface area (Å²) < 4.78 is 172. The van der Waals surface area contributed by atoms with Crippen LogP contribution in [-0.4, -0.2) is 137 Å². The van der Waals surface area contributed by atoms with Crippen molar-refractivity contribution in [3.8, 4) is 45.0 Å². The second kappa shape index (κ2) is 41.3. The highest BCUT2D eigenvalue weighted by atomic mass is 35.7. The normalized spacial score (nSPS) is 13.1. The maximum atomic E-state index is 14.9. The number of imidazole rings is 4. The topological polar surface area (TPSA) is 317 Å². The first-order valence-electron chi connectivity index (χ1n) is 41.9. The number of aromatic nitrogens is 18. The quantitative estimate of drug-likeness (QED) is 0.0615. The first-order valence-corrected chi connectivity index (χ1v) is 44.6. The van der Waals surface area contributed by atoms with Crippen molar-refractivity contribution in [1.29, 1.82) is 0 Å². The predicted molar refractivity (Wildman–Crippen MR) is 496 cm³/mol. The molecular weight excluding hydrogens is 1800 g/mol. The second-order valence-corrected chi connectivity index (χ2v) is 40.0. The Labute approximate surface area is 772 Å². The number of fused-ring (bicyclic) bond motifs is 6. The lowest BCUT2D eigenvalue weighted by atomic mass is 9.97. The van der Waals surface area contributed by atoms with Gasteiger partial charge in [-0.1, -0.05) is 123 Å². The molecule has 29 nitrogen and oxygen atoms in total. The van der Waals surface area contributed by atoms with Crippen molar-refractivity contribution in [3.05, 3.63) is 232 Å². The summed E-state index contributed by atoms with van der Waals surface area (Å²) in [6.45, 7) is 31.0. The van der Waals surface area contributed by atoms with Crippen LogP contribution in [0.1, 0.15) is 155 Å². The zero-order valence-electron chi connectivity index (χ0n) is 76.5. The van der Waals surface area contributed by atoms with Crippen LogP contribution >= 0.6 is 10.7 Å². The van der Waals surface area contributed by atoms with E-state index in [0.29, 0.717) is 131 Å². The molecule has 134 heavy (non-hydrogen) atoms. The zero-order chi connectivity index (χ0) is 97.3. The number of alkyl halides is 6. The van der Waals surface area contributed by atoms with Crippen LogP contribution in [0.5, 0.6) is 0 Å². The van der Waals surface area contributed by atoms with E-state index in [0.717, 1.165) is 44.0 Å². The number of nitrogens with one attached hydrogen (secondary N) is 1. The van der Waals surface area contributed by atoms with Crippen molar-refractivity contribution >= 4 is 70.4 Å². The van der Waals surface area contributed by atoms with Gasteiger partial charge in [0.25, 0.3) is 0 Å². The number of carbonyl (C=O) groups is 1. The van der Waals surface area contributed by atoms with Gasteiger partial charge in [-0.15, -0.1) is 20.4 Å². The molecule has 0 fully saturated rings. The van der Waals surface area contributed by atoms with E-state index in [2.05, 4.69) is 97.9 Å². The summed E-state index contributed by atoms with van der Waals surface area (Å²) >= 11 is 0. The van der Waals surface area contributed by atoms with E-state index in [1.165, 1.54) is 67.8 Å². The Balaban J connectivity index is 0.000000190. The number of hydrogen-bond donors (Lipinski definition) is 2. The average Bonchev–Trinajstić information content (AvgIpc) is 1.58. The molecule has 4 aromatic carbocycles. The van der Waals surface area contributed by atoms with E-state index < -0.39 is 56.5 Å². The minimum absolute atomic E-state index is 0. The number of benzene rings is 4. The monoisotopic (exact) mass is 1910 g/mol. The smallest absolute Gasteiger partial charge is 0.451 e. The number of ether oxygens (including phenoxy) is 1. The van der Waals surface area contributed by atoms with Crippen LogP contribution in [0.15, 0.2) is 141 Å². The summed E-state index contributed by atoms with van der Waals surface area (Å²) in [6.07, 6.45) is -7.20. The molecule has 41 heteroatoms. The molecule has 2 N–H and O–H groups in total. The summed E-state index contributed by atoms with van der Waals surface area (Å²) in [6, 6.07) is 32.2. The second-order valence-electron chi connectivity index (χ2n) is 37.0. The van der Waals surface area contributed by atoms with Crippen LogP contribution in [0.4, 0.5) is 43.9 Å². The lowest BCUT2D eigenvalue weighted by molar-refractivity contribution is -0.148. The van der Waals surface area contributed by atoms with E-state index in [1.807, 2.05) is 65.5 Å². The molecular formula is C93H113ClF10N20O9S. The fraction of sp³-hybridized carbons (Fsp3) is 0.430. The summed E-state index contributed by atoms with van der Waals surface area (Å²) in [5, 5.41) is 25.8. The van der Waals surface area contributed by atoms with Crippen LogP contribution < -0.4 is 28.1 Å². The van der Waals surface area contributed by atoms with E-state index >= 15 is 0 Å². The fourth-order valence-corrected chi connectivity index (χ4v) is 15.0. The minimum atomic E-state index is -4.55. The van der Waals surface area contributed by atoms with Crippen molar-refractivity contribution in [2.24, 2.45) is 49.9 Å². The average molecular weight is 1910 g/mol. The first kappa shape index (κ1) is 105. The highest BCUT2D eigenvalue weighted by Crippen LogP contribution is 2.36. The molecule has 2 aliphatic rings. The summed E-state index contributed by atoms with van der Waals surface area (Å²) in [5.41, 5.74) is 9.63. The number of aliphatic hydroxyl groups excluding tert-OH is 1. The lowest BCUT2D eigenvalue weighted by Gasteiger charge is -2.28. The van der Waals surface area contributed by atoms with Gasteiger partial charge in [0.2, 0.25) is 20.7 Å². The Morgan fingerprint density at radius 3 is 1.10 bits per heavy atom. The molecule has 2 aliphatic heterocycles. The highest BCUT2D eigenvalue weighted by Gasteiger charge is 2.41. The summed E-state index contributed by atoms with van der Waals surface area (Å²) in [5.74, 6) is -3.53. The van der Waals surface area contributed by atoms with Crippen molar-refractivity contribution in [3.63, 3.8) is 0 Å². The van der Waals surface area contributed by atoms with Gasteiger partial charge in [-0.3, -0.25) is 41.4 Å². The standard InChI is InChI=1S/C25H27F4N7O.C20H22FN3O3.C20H24FN3O.C19H22FN3O2.C6H7F3N4.CH3ClO2S.2CH4/c1-24(2,3)14-36-19-8-7-18(30-21(19)33(4)23(36)37)16-11-15(5-6-17(16)26)12-34-9-10-35-20(13-34)31-32-22(35)25(27,28)29;1-20(2,3)11-24-16-9-8-15(22-17(16)23(4)19(24)26)13-10-12(18(25)27-5)6-7-14(13)21;1-6-13-7-8-15(21)14(11-13)16-9-10-17-18(22-16)23(5)19(25)24(17)12-20(2,3)4;1-19(2,3)11-23-16-8-7-15(21-17(16)22(4)18(23)25)13-9-12(10-24)5-6-14(13)20;7-6(8,9)5-12-11-4-3-10-1-2-13(4)5;1-5(2,3)4;;/h5-8,11H,9-10,12-14H2,1-4H3;6-10H,11H2,1-5H3;7-11H,6,12H2,1-5H3;5-9,24H,10-11H2,1-4H3;10H,1-3H2;1H3;2*1H4. The van der Waals surface area contributed by atoms with Gasteiger partial charge in [0, 0.05) is 120 Å². The number of halogens is 11. The number of carbonyl (C=O) groups excluding carboxylic acids is 1. The zero-order valence-corrected chi connectivity index (χ0v) is 78.1. The van der Waals surface area contributed by atoms with Gasteiger partial charge in [0.15, 0.2) is 22.6 Å². The molecule has 14 aromatic rings. The van der Waals surface area contributed by atoms with Gasteiger partial charge < -0.3 is 24.3 Å². The molecule has 10 aromatic heterocycles. The molecule has 0 bridgehead atoms. The van der Waals surface area contributed by atoms with Gasteiger partial charge in [-0.2, -0.15) is 26.3 Å². The van der Waals surface area contributed by atoms with Crippen LogP contribution in [0, 0.1) is 44.9 Å². The van der Waals surface area contributed by atoms with Gasteiger partial charge in [0.1, 0.15) is 34.9 Å². The number of rotatable bonds is 13. The van der Waals surface area contributed by atoms with Gasteiger partial charge in [0.05, 0.1) is 83.5 Å². The SMILES string of the molecule is C.C.CCc1ccc(F)c(-c2ccc3c(n2)n(C)c(=O)n3CC(C)(C)C)c1.COC(=O)c1ccc(F)c(-c2ccc3c(n2)n(C)c(=O)n3CC(C)(C)C)c1.CS(=O)(=O)Cl.Cn1c(=O)n(CC(C)(C)C)c2ccc(-c3cc(CN4CCn5c(nnc5C(F)(F)F)C4)ccc3F)nc21.Cn1c(=O)n(CC(C)(C)C)c2ccc(-c3cc(CO)ccc3F)nc21.FC(F)(F)c1nnc2n1CCNC2. The molecule has 12 heterocycles. The highest BCUT2D eigenvalue weighted by molar-refractivity contribution is 8.13. The predicted octanol–water partition coefficient (Wildman–Crippen LogP) is 16.7. The summed E-state index contributed by atoms with van der Waals surface area (Å²) in [4.78, 5) is 82.5. The Morgan fingerprint density at radius 1 is 0.455 bits per heavy atom. The van der Waals surface area contributed by atoms with E-state index in [4.69, 9.17) is 4.74 Å². The third kappa shape index (κ3) is 25.0. The van der Waals surface area contributed by atoms with Crippen molar-refractivity contribution in [1.82, 2.24) is 96.2 Å². The van der Waals surface area contributed by atoms with Crippen molar-refractivity contribution in [2.45, 2.75) is 189 Å². The molecule has 0 spiro atoms. The molecule has 0 aliphatic carbocycles. The molecule has 0 radical (unpaired) electrons. The maximum absolute atomic E-state index is 14.9. The Hall–Kier alpha value is -12.3. The third-order valence-corrected chi connectivity index (χ3v) is 21.0. The fourth-order valence-electron chi connectivity index (χ4n) is 15.0. The number of hydrogen-bond acceptors (Lipinski definition) is 19. The molecule has 0 atom stereocenters. The molecule has 16 rings (SSSR count). The Kier molecular flexibility index (Phi) is 32.5. The van der Waals surface area contributed by atoms with Crippen LogP contribution in [0.3, 0.4) is 0 Å². The van der Waals surface area contributed by atoms with E-state index in [1.54, 1.807) is 113 Å². The lowest BCUT2D eigenvalue weighted by Crippen LogP contribution is -2.34. The van der Waals surface area contributed by atoms with Crippen molar-refractivity contribution < 1.29 is 67.0 Å². The third-order valence-electron chi connectivity index (χ3n) is 21.0. The van der Waals surface area contributed by atoms with Crippen LogP contribution in [0.2, 0.25) is 0 Å². The number of esters is 1. The largest absolute Gasteiger partial charge is 0.465 e. The number of pyridine rings is 4. The van der Waals surface area contributed by atoms with Gasteiger partial charge in [-0.05, 0) is 148 Å². The number of aryl methyl sites for hydroxylation is 5.